The van der Waals surface area contributed by atoms with Crippen LogP contribution in [0.3, 0.4) is 0 Å². The number of rotatable bonds is 7. The standard InChI is InChI=1S/C19H24O3Si/c1-20-19-13-12-16(22-19)14-21-15-23(17-8-4-2-5-9-17)18-10-6-3-7-11-18/h2-11,16,19,23H,12-15H2,1H3. The van der Waals surface area contributed by atoms with Crippen molar-refractivity contribution in [1.82, 2.24) is 0 Å². The molecular weight excluding hydrogens is 304 g/mol. The van der Waals surface area contributed by atoms with Gasteiger partial charge in [0, 0.05) is 19.8 Å². The summed E-state index contributed by atoms with van der Waals surface area (Å²) in [7, 11) is 0.353. The van der Waals surface area contributed by atoms with E-state index in [4.69, 9.17) is 14.2 Å². The quantitative estimate of drug-likeness (QED) is 0.725. The molecule has 4 heteroatoms. The Labute approximate surface area is 139 Å². The second-order valence-electron chi connectivity index (χ2n) is 5.91. The lowest BCUT2D eigenvalue weighted by atomic mass is 10.2. The Hall–Kier alpha value is -1.46. The summed E-state index contributed by atoms with van der Waals surface area (Å²) >= 11 is 0. The van der Waals surface area contributed by atoms with Crippen LogP contribution >= 0.6 is 0 Å². The van der Waals surface area contributed by atoms with Crippen molar-refractivity contribution in [3.05, 3.63) is 60.7 Å². The zero-order valence-electron chi connectivity index (χ0n) is 13.6. The van der Waals surface area contributed by atoms with Crippen LogP contribution in [-0.4, -0.2) is 41.1 Å². The summed E-state index contributed by atoms with van der Waals surface area (Å²) in [6, 6.07) is 21.5. The third-order valence-corrected chi connectivity index (χ3v) is 7.27. The van der Waals surface area contributed by atoms with Crippen molar-refractivity contribution in [1.29, 1.82) is 0 Å². The van der Waals surface area contributed by atoms with E-state index in [9.17, 15) is 0 Å². The fourth-order valence-corrected chi connectivity index (χ4v) is 5.56. The first-order valence-corrected chi connectivity index (χ1v) is 10.2. The minimum absolute atomic E-state index is 0.0557. The maximum Gasteiger partial charge on any atom is 0.157 e. The lowest BCUT2D eigenvalue weighted by Crippen LogP contribution is -2.46. The van der Waals surface area contributed by atoms with Crippen molar-refractivity contribution < 1.29 is 14.2 Å². The minimum atomic E-state index is -1.34. The highest BCUT2D eigenvalue weighted by atomic mass is 28.3. The van der Waals surface area contributed by atoms with E-state index in [0.717, 1.165) is 19.1 Å². The Morgan fingerprint density at radius 1 is 0.957 bits per heavy atom. The third-order valence-electron chi connectivity index (χ3n) is 4.32. The van der Waals surface area contributed by atoms with Crippen molar-refractivity contribution in [2.24, 2.45) is 0 Å². The van der Waals surface area contributed by atoms with Gasteiger partial charge in [-0.1, -0.05) is 71.0 Å². The van der Waals surface area contributed by atoms with Crippen LogP contribution < -0.4 is 10.4 Å². The largest absolute Gasteiger partial charge is 0.382 e. The van der Waals surface area contributed by atoms with Gasteiger partial charge in [-0.25, -0.2) is 0 Å². The van der Waals surface area contributed by atoms with Gasteiger partial charge in [-0.3, -0.25) is 0 Å². The van der Waals surface area contributed by atoms with Crippen molar-refractivity contribution in [2.75, 3.05) is 19.9 Å². The number of ether oxygens (including phenoxy) is 3. The van der Waals surface area contributed by atoms with E-state index in [2.05, 4.69) is 60.7 Å². The second-order valence-corrected chi connectivity index (χ2v) is 8.68. The van der Waals surface area contributed by atoms with Crippen molar-refractivity contribution in [3.8, 4) is 0 Å². The van der Waals surface area contributed by atoms with Crippen molar-refractivity contribution in [2.45, 2.75) is 25.2 Å². The number of hydrogen-bond acceptors (Lipinski definition) is 3. The molecule has 0 N–H and O–H groups in total. The van der Waals surface area contributed by atoms with E-state index in [1.165, 1.54) is 10.4 Å². The normalized spacial score (nSPS) is 21.0. The van der Waals surface area contributed by atoms with Gasteiger partial charge in [-0.05, 0) is 6.42 Å². The molecule has 2 aromatic rings. The molecule has 0 bridgehead atoms. The van der Waals surface area contributed by atoms with Crippen LogP contribution in [0.1, 0.15) is 12.8 Å². The predicted octanol–water partition coefficient (Wildman–Crippen LogP) is 1.74. The molecule has 2 aromatic carbocycles. The third kappa shape index (κ3) is 4.51. The lowest BCUT2D eigenvalue weighted by Gasteiger charge is -2.18. The van der Waals surface area contributed by atoms with Crippen LogP contribution in [-0.2, 0) is 14.2 Å². The molecule has 1 aliphatic heterocycles. The fraction of sp³-hybridized carbons (Fsp3) is 0.368. The molecule has 0 aromatic heterocycles. The summed E-state index contributed by atoms with van der Waals surface area (Å²) in [5, 5.41) is 2.83. The average Bonchev–Trinajstić information content (AvgIpc) is 3.08. The molecule has 2 unspecified atom stereocenters. The predicted molar refractivity (Wildman–Crippen MR) is 95.0 cm³/mol. The van der Waals surface area contributed by atoms with Crippen LogP contribution in [0.2, 0.25) is 0 Å². The average molecular weight is 328 g/mol. The zero-order chi connectivity index (χ0) is 15.9. The van der Waals surface area contributed by atoms with Gasteiger partial charge in [0.25, 0.3) is 0 Å². The molecular formula is C19H24O3Si. The van der Waals surface area contributed by atoms with Gasteiger partial charge >= 0.3 is 0 Å². The van der Waals surface area contributed by atoms with Gasteiger partial charge in [-0.2, -0.15) is 0 Å². The van der Waals surface area contributed by atoms with Crippen molar-refractivity contribution >= 4 is 19.2 Å². The molecule has 1 fully saturated rings. The molecule has 1 aliphatic rings. The summed E-state index contributed by atoms with van der Waals surface area (Å²) in [4.78, 5) is 0. The van der Waals surface area contributed by atoms with E-state index in [1.807, 2.05) is 0 Å². The summed E-state index contributed by atoms with van der Waals surface area (Å²) < 4.78 is 17.1. The van der Waals surface area contributed by atoms with E-state index < -0.39 is 8.80 Å². The molecule has 0 spiro atoms. The molecule has 1 saturated heterocycles. The molecule has 0 saturated carbocycles. The first-order valence-electron chi connectivity index (χ1n) is 8.22. The molecule has 23 heavy (non-hydrogen) atoms. The zero-order valence-corrected chi connectivity index (χ0v) is 14.7. The molecule has 0 radical (unpaired) electrons. The number of benzene rings is 2. The van der Waals surface area contributed by atoms with Gasteiger partial charge in [0.1, 0.15) is 8.80 Å². The van der Waals surface area contributed by atoms with Crippen LogP contribution in [0, 0.1) is 0 Å². The van der Waals surface area contributed by atoms with Crippen LogP contribution in [0.25, 0.3) is 0 Å². The molecule has 0 aliphatic carbocycles. The maximum absolute atomic E-state index is 6.06. The molecule has 122 valence electrons. The first-order chi connectivity index (χ1) is 11.4. The van der Waals surface area contributed by atoms with Crippen molar-refractivity contribution in [3.63, 3.8) is 0 Å². The topological polar surface area (TPSA) is 27.7 Å². The Kier molecular flexibility index (Phi) is 5.99. The van der Waals surface area contributed by atoms with Gasteiger partial charge in [0.2, 0.25) is 0 Å². The van der Waals surface area contributed by atoms with Gasteiger partial charge in [-0.15, -0.1) is 0 Å². The Balaban J connectivity index is 1.61. The summed E-state index contributed by atoms with van der Waals surface area (Å²) in [6.07, 6.45) is 2.89. The summed E-state index contributed by atoms with van der Waals surface area (Å²) in [5.74, 6) is 0. The molecule has 2 atom stereocenters. The number of hydrogen-bond donors (Lipinski definition) is 0. The van der Waals surface area contributed by atoms with E-state index in [-0.39, 0.29) is 12.4 Å². The molecule has 0 amide bonds. The Bertz CT molecular complexity index is 536. The molecule has 3 rings (SSSR count). The Morgan fingerprint density at radius 2 is 1.57 bits per heavy atom. The fourth-order valence-electron chi connectivity index (χ4n) is 3.04. The second kappa shape index (κ2) is 8.41. The monoisotopic (exact) mass is 328 g/mol. The highest BCUT2D eigenvalue weighted by molar-refractivity contribution is 6.85. The molecule has 1 heterocycles. The first kappa shape index (κ1) is 16.4. The van der Waals surface area contributed by atoms with Crippen LogP contribution in [0.4, 0.5) is 0 Å². The van der Waals surface area contributed by atoms with Crippen LogP contribution in [0.5, 0.6) is 0 Å². The smallest absolute Gasteiger partial charge is 0.157 e. The SMILES string of the molecule is COC1CCC(COC[SiH](c2ccccc2)c2ccccc2)O1. The lowest BCUT2D eigenvalue weighted by molar-refractivity contribution is -0.126. The summed E-state index contributed by atoms with van der Waals surface area (Å²) in [6.45, 7) is 0.656. The van der Waals surface area contributed by atoms with Gasteiger partial charge in [0.15, 0.2) is 6.29 Å². The highest BCUT2D eigenvalue weighted by Gasteiger charge is 2.25. The van der Waals surface area contributed by atoms with Crippen LogP contribution in [0.15, 0.2) is 60.7 Å². The summed E-state index contributed by atoms with van der Waals surface area (Å²) in [5.41, 5.74) is 0. The Morgan fingerprint density at radius 3 is 2.09 bits per heavy atom. The minimum Gasteiger partial charge on any atom is -0.382 e. The molecule has 3 nitrogen and oxygen atoms in total. The van der Waals surface area contributed by atoms with Gasteiger partial charge < -0.3 is 14.2 Å². The van der Waals surface area contributed by atoms with Gasteiger partial charge in [0.05, 0.1) is 12.7 Å². The maximum atomic E-state index is 6.06. The number of methoxy groups -OCH3 is 1. The van der Waals surface area contributed by atoms with E-state index in [0.29, 0.717) is 6.61 Å². The van der Waals surface area contributed by atoms with E-state index in [1.54, 1.807) is 7.11 Å². The van der Waals surface area contributed by atoms with E-state index >= 15 is 0 Å². The highest BCUT2D eigenvalue weighted by Crippen LogP contribution is 2.20.